The van der Waals surface area contributed by atoms with Crippen molar-refractivity contribution in [2.24, 2.45) is 0 Å². The van der Waals surface area contributed by atoms with Gasteiger partial charge in [-0.05, 0) is 19.9 Å². The van der Waals surface area contributed by atoms with Crippen LogP contribution in [0.2, 0.25) is 0 Å². The number of hydrogen-bond acceptors (Lipinski definition) is 5. The van der Waals surface area contributed by atoms with E-state index in [-0.39, 0.29) is 5.88 Å². The molecule has 1 aliphatic rings. The van der Waals surface area contributed by atoms with Crippen LogP contribution in [0.5, 0.6) is 5.88 Å². The molecule has 5 atom stereocenters. The van der Waals surface area contributed by atoms with Crippen molar-refractivity contribution in [2.45, 2.75) is 50.5 Å². The molecule has 1 fully saturated rings. The van der Waals surface area contributed by atoms with E-state index in [4.69, 9.17) is 9.47 Å². The van der Waals surface area contributed by atoms with Crippen molar-refractivity contribution in [2.75, 3.05) is 0 Å². The largest absolute Gasteiger partial charge is 0.469 e. The third-order valence-corrected chi connectivity index (χ3v) is 3.33. The van der Waals surface area contributed by atoms with Crippen LogP contribution in [0, 0.1) is 0 Å². The molecule has 2 heterocycles. The van der Waals surface area contributed by atoms with Crippen LogP contribution in [-0.4, -0.2) is 45.7 Å². The lowest BCUT2D eigenvalue weighted by Crippen LogP contribution is -2.57. The molecule has 118 valence electrons. The molecule has 2 N–H and O–H groups in total. The Bertz CT molecular complexity index is 497. The molecule has 0 bridgehead atoms. The Kier molecular flexibility index (Phi) is 4.40. The normalized spacial score (nSPS) is 33.8. The minimum Gasteiger partial charge on any atom is -0.469 e. The van der Waals surface area contributed by atoms with Gasteiger partial charge in [-0.15, -0.1) is 0 Å². The van der Waals surface area contributed by atoms with Crippen molar-refractivity contribution in [3.05, 3.63) is 23.9 Å². The second-order valence-corrected chi connectivity index (χ2v) is 4.97. The zero-order valence-electron chi connectivity index (χ0n) is 11.4. The van der Waals surface area contributed by atoms with Gasteiger partial charge in [-0.25, -0.2) is 4.98 Å². The highest BCUT2D eigenvalue weighted by Crippen LogP contribution is 2.30. The summed E-state index contributed by atoms with van der Waals surface area (Å²) >= 11 is 0. The Balaban J connectivity index is 2.17. The van der Waals surface area contributed by atoms with E-state index in [0.717, 1.165) is 12.1 Å². The quantitative estimate of drug-likeness (QED) is 0.863. The van der Waals surface area contributed by atoms with Crippen LogP contribution in [0.15, 0.2) is 18.2 Å². The number of aliphatic hydroxyl groups is 2. The highest BCUT2D eigenvalue weighted by atomic mass is 19.4. The number of nitrogens with zero attached hydrogens (tertiary/aromatic N) is 1. The van der Waals surface area contributed by atoms with Crippen LogP contribution in [0.3, 0.4) is 0 Å². The molecule has 0 unspecified atom stereocenters. The summed E-state index contributed by atoms with van der Waals surface area (Å²) in [6.07, 6.45) is -9.25. The predicted octanol–water partition coefficient (Wildman–Crippen LogP) is 1.38. The molecule has 1 aliphatic heterocycles. The first-order valence-corrected chi connectivity index (χ1v) is 6.42. The standard InChI is InChI=1S/C13H16F3NO4/c1-6-10(18)11(19)12(7(2)20-6)21-9-5-3-4-8(17-9)13(14,15)16/h3-7,10-12,18-19H,1-2H3/t6-,7-,10+,11+,12+/m1/s1. The summed E-state index contributed by atoms with van der Waals surface area (Å²) in [7, 11) is 0. The number of ether oxygens (including phenoxy) is 2. The fraction of sp³-hybridized carbons (Fsp3) is 0.615. The first kappa shape index (κ1) is 16.0. The van der Waals surface area contributed by atoms with Gasteiger partial charge in [0.25, 0.3) is 0 Å². The fourth-order valence-electron chi connectivity index (χ4n) is 2.19. The van der Waals surface area contributed by atoms with Crippen molar-refractivity contribution in [1.29, 1.82) is 0 Å². The van der Waals surface area contributed by atoms with Crippen LogP contribution in [0.1, 0.15) is 19.5 Å². The second kappa shape index (κ2) is 5.78. The molecule has 1 aromatic rings. The minimum atomic E-state index is -4.58. The lowest BCUT2D eigenvalue weighted by molar-refractivity contribution is -0.205. The first-order chi connectivity index (χ1) is 9.70. The summed E-state index contributed by atoms with van der Waals surface area (Å²) in [5.74, 6) is -0.286. The third kappa shape index (κ3) is 3.45. The average molecular weight is 307 g/mol. The van der Waals surface area contributed by atoms with Crippen molar-refractivity contribution in [3.63, 3.8) is 0 Å². The second-order valence-electron chi connectivity index (χ2n) is 4.97. The minimum absolute atomic E-state index is 0.286. The van der Waals surface area contributed by atoms with Crippen LogP contribution in [0.4, 0.5) is 13.2 Å². The van der Waals surface area contributed by atoms with Crippen molar-refractivity contribution < 1.29 is 32.9 Å². The summed E-state index contributed by atoms with van der Waals surface area (Å²) in [5, 5.41) is 19.7. The average Bonchev–Trinajstić information content (AvgIpc) is 2.41. The molecule has 2 rings (SSSR count). The summed E-state index contributed by atoms with van der Waals surface area (Å²) in [4.78, 5) is 3.36. The zero-order chi connectivity index (χ0) is 15.8. The van der Waals surface area contributed by atoms with Gasteiger partial charge in [-0.3, -0.25) is 0 Å². The lowest BCUT2D eigenvalue weighted by Gasteiger charge is -2.40. The summed E-state index contributed by atoms with van der Waals surface area (Å²) in [6, 6.07) is 3.23. The molecule has 0 radical (unpaired) electrons. The molecule has 0 saturated carbocycles. The molecule has 21 heavy (non-hydrogen) atoms. The highest BCUT2D eigenvalue weighted by molar-refractivity contribution is 5.18. The maximum atomic E-state index is 12.6. The van der Waals surface area contributed by atoms with E-state index in [1.807, 2.05) is 0 Å². The van der Waals surface area contributed by atoms with Gasteiger partial charge in [0.15, 0.2) is 6.10 Å². The third-order valence-electron chi connectivity index (χ3n) is 3.33. The number of halogens is 3. The van der Waals surface area contributed by atoms with E-state index in [1.165, 1.54) is 6.07 Å². The molecule has 1 saturated heterocycles. The summed E-state index contributed by atoms with van der Waals surface area (Å²) in [6.45, 7) is 3.19. The Morgan fingerprint density at radius 3 is 2.43 bits per heavy atom. The van der Waals surface area contributed by atoms with Crippen LogP contribution in [-0.2, 0) is 10.9 Å². The fourth-order valence-corrected chi connectivity index (χ4v) is 2.19. The van der Waals surface area contributed by atoms with E-state index in [9.17, 15) is 23.4 Å². The molecule has 5 nitrogen and oxygen atoms in total. The number of aromatic nitrogens is 1. The smallest absolute Gasteiger partial charge is 0.433 e. The van der Waals surface area contributed by atoms with Crippen molar-refractivity contribution in [3.8, 4) is 5.88 Å². The van der Waals surface area contributed by atoms with Crippen LogP contribution in [0.25, 0.3) is 0 Å². The van der Waals surface area contributed by atoms with E-state index in [0.29, 0.717) is 0 Å². The summed E-state index contributed by atoms with van der Waals surface area (Å²) in [5.41, 5.74) is -1.09. The van der Waals surface area contributed by atoms with Crippen LogP contribution < -0.4 is 4.74 Å². The van der Waals surface area contributed by atoms with E-state index in [2.05, 4.69) is 4.98 Å². The van der Waals surface area contributed by atoms with E-state index >= 15 is 0 Å². The molecular formula is C13H16F3NO4. The monoisotopic (exact) mass is 307 g/mol. The van der Waals surface area contributed by atoms with Crippen LogP contribution >= 0.6 is 0 Å². The molecule has 0 aliphatic carbocycles. The molecule has 0 amide bonds. The van der Waals surface area contributed by atoms with E-state index < -0.39 is 42.4 Å². The number of hydrogen-bond donors (Lipinski definition) is 2. The molecule has 8 heteroatoms. The van der Waals surface area contributed by atoms with Gasteiger partial charge in [0.1, 0.15) is 17.9 Å². The number of alkyl halides is 3. The Labute approximate surface area is 119 Å². The maximum Gasteiger partial charge on any atom is 0.433 e. The Hall–Kier alpha value is -1.38. The molecule has 0 spiro atoms. The topological polar surface area (TPSA) is 71.8 Å². The molecule has 0 aromatic carbocycles. The van der Waals surface area contributed by atoms with Gasteiger partial charge in [0.05, 0.1) is 12.2 Å². The van der Waals surface area contributed by atoms with Gasteiger partial charge in [0, 0.05) is 6.07 Å². The molecule has 1 aromatic heterocycles. The van der Waals surface area contributed by atoms with Gasteiger partial charge in [-0.1, -0.05) is 6.07 Å². The predicted molar refractivity (Wildman–Crippen MR) is 65.7 cm³/mol. The van der Waals surface area contributed by atoms with Gasteiger partial charge >= 0.3 is 6.18 Å². The molecular weight excluding hydrogens is 291 g/mol. The number of pyridine rings is 1. The van der Waals surface area contributed by atoms with Gasteiger partial charge < -0.3 is 19.7 Å². The van der Waals surface area contributed by atoms with Crippen molar-refractivity contribution >= 4 is 0 Å². The highest BCUT2D eigenvalue weighted by Gasteiger charge is 2.42. The number of aliphatic hydroxyl groups excluding tert-OH is 2. The summed E-state index contributed by atoms with van der Waals surface area (Å²) < 4.78 is 48.4. The van der Waals surface area contributed by atoms with Gasteiger partial charge in [0.2, 0.25) is 5.88 Å². The maximum absolute atomic E-state index is 12.6. The lowest BCUT2D eigenvalue weighted by atomic mass is 9.96. The van der Waals surface area contributed by atoms with E-state index in [1.54, 1.807) is 13.8 Å². The van der Waals surface area contributed by atoms with Crippen molar-refractivity contribution in [1.82, 2.24) is 4.98 Å². The SMILES string of the molecule is C[C@H]1O[C@H](C)[C@H](Oc2cccc(C(F)(F)F)n2)[C@@H](O)[C@H]1O. The number of rotatable bonds is 2. The van der Waals surface area contributed by atoms with Gasteiger partial charge in [-0.2, -0.15) is 13.2 Å². The zero-order valence-corrected chi connectivity index (χ0v) is 11.4. The Morgan fingerprint density at radius 1 is 1.14 bits per heavy atom. The first-order valence-electron chi connectivity index (χ1n) is 6.42. The Morgan fingerprint density at radius 2 is 1.81 bits per heavy atom.